The summed E-state index contributed by atoms with van der Waals surface area (Å²) in [6, 6.07) is 15.0. The van der Waals surface area contributed by atoms with Gasteiger partial charge in [0.05, 0.1) is 28.4 Å². The average Bonchev–Trinajstić information content (AvgIpc) is 2.73. The minimum absolute atomic E-state index is 0.0441. The number of hydrogen-bond acceptors (Lipinski definition) is 4. The van der Waals surface area contributed by atoms with Crippen LogP contribution in [0.4, 0.5) is 4.39 Å². The zero-order chi connectivity index (χ0) is 22.4. The van der Waals surface area contributed by atoms with E-state index < -0.39 is 5.91 Å². The summed E-state index contributed by atoms with van der Waals surface area (Å²) in [5.74, 6) is 0.0985. The Labute approximate surface area is 193 Å². The summed E-state index contributed by atoms with van der Waals surface area (Å²) in [6.45, 7) is 1.93. The number of amides is 1. The van der Waals surface area contributed by atoms with E-state index in [0.29, 0.717) is 37.7 Å². The quantitative estimate of drug-likeness (QED) is 0.321. The second-order valence-electron chi connectivity index (χ2n) is 6.60. The van der Waals surface area contributed by atoms with Crippen LogP contribution < -0.4 is 14.9 Å². The molecule has 0 saturated heterocycles. The molecule has 0 bridgehead atoms. The maximum atomic E-state index is 13.8. The standard InChI is InChI=1S/C23H19BrClFN2O3/c1-14-7-8-17(19(25)9-14)23(29)28-27-12-15-10-18(24)22(21(11-15)30-2)31-13-16-5-3-4-6-20(16)26/h3-12H,13H2,1-2H3,(H,28,29)/b27-12-. The van der Waals surface area contributed by atoms with Crippen LogP contribution in [0.15, 0.2) is 64.2 Å². The van der Waals surface area contributed by atoms with Gasteiger partial charge in [0, 0.05) is 5.56 Å². The number of nitrogens with one attached hydrogen (secondary N) is 1. The molecule has 0 radical (unpaired) electrons. The monoisotopic (exact) mass is 504 g/mol. The Morgan fingerprint density at radius 3 is 2.71 bits per heavy atom. The number of hydrogen-bond donors (Lipinski definition) is 1. The van der Waals surface area contributed by atoms with Gasteiger partial charge in [-0.25, -0.2) is 9.82 Å². The molecule has 0 spiro atoms. The van der Waals surface area contributed by atoms with Crippen molar-refractivity contribution < 1.29 is 18.7 Å². The van der Waals surface area contributed by atoms with E-state index in [1.54, 1.807) is 48.5 Å². The zero-order valence-corrected chi connectivity index (χ0v) is 19.1. The number of methoxy groups -OCH3 is 1. The normalized spacial score (nSPS) is 10.9. The molecule has 1 N–H and O–H groups in total. The predicted molar refractivity (Wildman–Crippen MR) is 123 cm³/mol. The molecule has 0 aliphatic rings. The fraction of sp³-hybridized carbons (Fsp3) is 0.130. The minimum Gasteiger partial charge on any atom is -0.493 e. The summed E-state index contributed by atoms with van der Waals surface area (Å²) in [5.41, 5.74) is 4.82. The van der Waals surface area contributed by atoms with Crippen molar-refractivity contribution >= 4 is 39.7 Å². The fourth-order valence-electron chi connectivity index (χ4n) is 2.75. The molecule has 0 unspecified atom stereocenters. The first-order chi connectivity index (χ1) is 14.9. The van der Waals surface area contributed by atoms with Crippen LogP contribution in [0.3, 0.4) is 0 Å². The molecule has 3 rings (SSSR count). The molecule has 0 saturated carbocycles. The molecule has 3 aromatic carbocycles. The highest BCUT2D eigenvalue weighted by Gasteiger charge is 2.13. The summed E-state index contributed by atoms with van der Waals surface area (Å²) >= 11 is 9.55. The van der Waals surface area contributed by atoms with Gasteiger partial charge in [-0.2, -0.15) is 5.10 Å². The highest BCUT2D eigenvalue weighted by molar-refractivity contribution is 9.10. The second-order valence-corrected chi connectivity index (χ2v) is 7.86. The van der Waals surface area contributed by atoms with E-state index in [1.807, 2.05) is 6.92 Å². The highest BCUT2D eigenvalue weighted by atomic mass is 79.9. The third-order valence-corrected chi connectivity index (χ3v) is 5.23. The Bertz CT molecular complexity index is 1140. The summed E-state index contributed by atoms with van der Waals surface area (Å²) in [5, 5.41) is 4.34. The summed E-state index contributed by atoms with van der Waals surface area (Å²) in [4.78, 5) is 12.3. The molecule has 0 aliphatic carbocycles. The van der Waals surface area contributed by atoms with Crippen molar-refractivity contribution in [3.05, 3.63) is 92.2 Å². The first-order valence-corrected chi connectivity index (χ1v) is 10.4. The molecule has 160 valence electrons. The molecule has 31 heavy (non-hydrogen) atoms. The third-order valence-electron chi connectivity index (χ3n) is 4.33. The van der Waals surface area contributed by atoms with Crippen molar-refractivity contribution in [2.45, 2.75) is 13.5 Å². The number of hydrazone groups is 1. The first kappa shape index (κ1) is 22.8. The van der Waals surface area contributed by atoms with Gasteiger partial charge < -0.3 is 9.47 Å². The molecule has 0 aliphatic heterocycles. The molecule has 0 fully saturated rings. The van der Waals surface area contributed by atoms with Gasteiger partial charge in [-0.3, -0.25) is 4.79 Å². The summed E-state index contributed by atoms with van der Waals surface area (Å²) in [6.07, 6.45) is 1.47. The van der Waals surface area contributed by atoms with Crippen molar-refractivity contribution in [2.75, 3.05) is 7.11 Å². The first-order valence-electron chi connectivity index (χ1n) is 9.22. The SMILES string of the molecule is COc1cc(/C=N\NC(=O)c2ccc(C)cc2Cl)cc(Br)c1OCc1ccccc1F. The van der Waals surface area contributed by atoms with Crippen LogP contribution in [0.2, 0.25) is 5.02 Å². The molecular formula is C23H19BrClFN2O3. The number of halogens is 3. The van der Waals surface area contributed by atoms with Crippen LogP contribution in [0, 0.1) is 12.7 Å². The Hall–Kier alpha value is -2.90. The lowest BCUT2D eigenvalue weighted by Gasteiger charge is -2.14. The largest absolute Gasteiger partial charge is 0.493 e. The van der Waals surface area contributed by atoms with Crippen LogP contribution in [-0.2, 0) is 6.61 Å². The maximum absolute atomic E-state index is 13.8. The molecule has 8 heteroatoms. The van der Waals surface area contributed by atoms with Gasteiger partial charge >= 0.3 is 0 Å². The van der Waals surface area contributed by atoms with E-state index in [4.69, 9.17) is 21.1 Å². The van der Waals surface area contributed by atoms with Gasteiger partial charge in [-0.15, -0.1) is 0 Å². The van der Waals surface area contributed by atoms with Crippen LogP contribution in [0.1, 0.15) is 27.0 Å². The number of ether oxygens (including phenoxy) is 2. The highest BCUT2D eigenvalue weighted by Crippen LogP contribution is 2.37. The van der Waals surface area contributed by atoms with Gasteiger partial charge in [0.15, 0.2) is 11.5 Å². The molecule has 5 nitrogen and oxygen atoms in total. The number of nitrogens with zero attached hydrogens (tertiary/aromatic N) is 1. The van der Waals surface area contributed by atoms with E-state index in [1.165, 1.54) is 19.4 Å². The smallest absolute Gasteiger partial charge is 0.272 e. The average molecular weight is 506 g/mol. The number of benzene rings is 3. The van der Waals surface area contributed by atoms with E-state index in [9.17, 15) is 9.18 Å². The van der Waals surface area contributed by atoms with Crippen molar-refractivity contribution in [3.8, 4) is 11.5 Å². The molecule has 0 heterocycles. The van der Waals surface area contributed by atoms with E-state index in [0.717, 1.165) is 5.56 Å². The number of aryl methyl sites for hydroxylation is 1. The molecule has 0 aromatic heterocycles. The van der Waals surface area contributed by atoms with Gasteiger partial charge in [0.2, 0.25) is 0 Å². The Morgan fingerprint density at radius 2 is 2.00 bits per heavy atom. The topological polar surface area (TPSA) is 59.9 Å². The molecule has 1 amide bonds. The number of rotatable bonds is 7. The number of carbonyl (C=O) groups excluding carboxylic acids is 1. The van der Waals surface area contributed by atoms with Crippen LogP contribution in [0.5, 0.6) is 11.5 Å². The lowest BCUT2D eigenvalue weighted by Crippen LogP contribution is -2.18. The van der Waals surface area contributed by atoms with Gasteiger partial charge in [-0.1, -0.05) is 35.9 Å². The van der Waals surface area contributed by atoms with Crippen LogP contribution >= 0.6 is 27.5 Å². The van der Waals surface area contributed by atoms with Crippen molar-refractivity contribution in [2.24, 2.45) is 5.10 Å². The maximum Gasteiger partial charge on any atom is 0.272 e. The number of carbonyl (C=O) groups is 1. The van der Waals surface area contributed by atoms with Crippen LogP contribution in [0.25, 0.3) is 0 Å². The van der Waals surface area contributed by atoms with Crippen molar-refractivity contribution in [1.82, 2.24) is 5.43 Å². The van der Waals surface area contributed by atoms with Gasteiger partial charge in [0.25, 0.3) is 5.91 Å². The van der Waals surface area contributed by atoms with E-state index in [2.05, 4.69) is 26.5 Å². The minimum atomic E-state index is -0.419. The van der Waals surface area contributed by atoms with Crippen LogP contribution in [-0.4, -0.2) is 19.2 Å². The lowest BCUT2D eigenvalue weighted by atomic mass is 10.1. The third kappa shape index (κ3) is 5.83. The van der Waals surface area contributed by atoms with Crippen molar-refractivity contribution in [3.63, 3.8) is 0 Å². The Kier molecular flexibility index (Phi) is 7.65. The molecular weight excluding hydrogens is 487 g/mol. The van der Waals surface area contributed by atoms with E-state index >= 15 is 0 Å². The van der Waals surface area contributed by atoms with Gasteiger partial charge in [-0.05, 0) is 64.3 Å². The van der Waals surface area contributed by atoms with E-state index in [-0.39, 0.29) is 12.4 Å². The predicted octanol–water partition coefficient (Wildman–Crippen LogP) is 5.90. The second kappa shape index (κ2) is 10.4. The molecule has 3 aromatic rings. The van der Waals surface area contributed by atoms with Gasteiger partial charge in [0.1, 0.15) is 12.4 Å². The Balaban J connectivity index is 1.71. The fourth-order valence-corrected chi connectivity index (χ4v) is 3.64. The summed E-state index contributed by atoms with van der Waals surface area (Å²) < 4.78 is 25.6. The molecule has 0 atom stereocenters. The summed E-state index contributed by atoms with van der Waals surface area (Å²) in [7, 11) is 1.50. The lowest BCUT2D eigenvalue weighted by molar-refractivity contribution is 0.0955. The zero-order valence-electron chi connectivity index (χ0n) is 16.8. The Morgan fingerprint density at radius 1 is 1.23 bits per heavy atom. The van der Waals surface area contributed by atoms with Crippen molar-refractivity contribution in [1.29, 1.82) is 0 Å².